The largest absolute Gasteiger partial charge is 0.339 e. The number of carbonyl (C=O) groups is 1. The first-order valence-electron chi connectivity index (χ1n) is 11.0. The van der Waals surface area contributed by atoms with E-state index in [0.717, 1.165) is 56.8 Å². The van der Waals surface area contributed by atoms with Gasteiger partial charge in [-0.3, -0.25) is 14.4 Å². The molecule has 0 aliphatic carbocycles. The van der Waals surface area contributed by atoms with Crippen molar-refractivity contribution < 1.29 is 9.32 Å². The lowest BCUT2D eigenvalue weighted by atomic mass is 9.76. The molecule has 1 atom stereocenters. The highest BCUT2D eigenvalue weighted by Crippen LogP contribution is 2.48. The van der Waals surface area contributed by atoms with Gasteiger partial charge in [0.2, 0.25) is 0 Å². The van der Waals surface area contributed by atoms with Crippen LogP contribution in [0.15, 0.2) is 47.2 Å². The second-order valence-corrected chi connectivity index (χ2v) is 8.84. The molecule has 8 nitrogen and oxygen atoms in total. The second-order valence-electron chi connectivity index (χ2n) is 8.84. The van der Waals surface area contributed by atoms with Gasteiger partial charge in [-0.1, -0.05) is 23.4 Å². The van der Waals surface area contributed by atoms with E-state index in [1.807, 2.05) is 48.4 Å². The van der Waals surface area contributed by atoms with E-state index in [-0.39, 0.29) is 17.4 Å². The summed E-state index contributed by atoms with van der Waals surface area (Å²) in [4.78, 5) is 21.8. The minimum atomic E-state index is 0.0862. The number of likely N-dealkylation sites (tertiary alicyclic amines) is 2. The fourth-order valence-corrected chi connectivity index (χ4v) is 5.00. The van der Waals surface area contributed by atoms with Crippen LogP contribution in [0.1, 0.15) is 48.4 Å². The molecule has 0 bridgehead atoms. The van der Waals surface area contributed by atoms with Crippen molar-refractivity contribution in [2.45, 2.75) is 38.8 Å². The predicted octanol–water partition coefficient (Wildman–Crippen LogP) is 3.25. The van der Waals surface area contributed by atoms with Gasteiger partial charge in [0, 0.05) is 37.9 Å². The predicted molar refractivity (Wildman–Crippen MR) is 115 cm³/mol. The van der Waals surface area contributed by atoms with Crippen LogP contribution in [0.4, 0.5) is 0 Å². The molecule has 2 aliphatic heterocycles. The quantitative estimate of drug-likeness (QED) is 0.645. The van der Waals surface area contributed by atoms with Crippen molar-refractivity contribution in [3.8, 4) is 11.5 Å². The van der Waals surface area contributed by atoms with E-state index in [4.69, 9.17) is 9.51 Å². The molecule has 31 heavy (non-hydrogen) atoms. The smallest absolute Gasteiger partial charge is 0.257 e. The van der Waals surface area contributed by atoms with Gasteiger partial charge in [0.1, 0.15) is 0 Å². The topological polar surface area (TPSA) is 80.3 Å². The van der Waals surface area contributed by atoms with Crippen LogP contribution in [-0.4, -0.2) is 62.3 Å². The molecule has 2 aliphatic rings. The molecule has 0 N–H and O–H groups in total. The lowest BCUT2D eigenvalue weighted by molar-refractivity contribution is 0.0593. The Morgan fingerprint density at radius 1 is 1.23 bits per heavy atom. The van der Waals surface area contributed by atoms with E-state index >= 15 is 0 Å². The Morgan fingerprint density at radius 3 is 2.71 bits per heavy atom. The van der Waals surface area contributed by atoms with Gasteiger partial charge in [-0.05, 0) is 50.8 Å². The van der Waals surface area contributed by atoms with Gasteiger partial charge in [0.15, 0.2) is 5.82 Å². The van der Waals surface area contributed by atoms with Gasteiger partial charge in [0.25, 0.3) is 11.8 Å². The molecule has 2 aromatic heterocycles. The molecule has 1 aromatic carbocycles. The van der Waals surface area contributed by atoms with Gasteiger partial charge in [-0.2, -0.15) is 10.1 Å². The molecule has 5 rings (SSSR count). The number of aromatic nitrogens is 4. The van der Waals surface area contributed by atoms with Crippen molar-refractivity contribution in [2.75, 3.05) is 26.7 Å². The Bertz CT molecular complexity index is 1050. The number of hydrogen-bond acceptors (Lipinski definition) is 6. The van der Waals surface area contributed by atoms with Crippen LogP contribution in [0, 0.1) is 5.41 Å². The molecule has 1 amide bonds. The highest BCUT2D eigenvalue weighted by atomic mass is 16.5. The van der Waals surface area contributed by atoms with Crippen LogP contribution in [0.5, 0.6) is 0 Å². The summed E-state index contributed by atoms with van der Waals surface area (Å²) in [7, 11) is 2.13. The Labute approximate surface area is 181 Å². The second kappa shape index (κ2) is 7.92. The molecule has 4 heterocycles. The van der Waals surface area contributed by atoms with Crippen molar-refractivity contribution in [1.82, 2.24) is 29.7 Å². The molecule has 0 radical (unpaired) electrons. The van der Waals surface area contributed by atoms with E-state index in [0.29, 0.717) is 11.5 Å². The summed E-state index contributed by atoms with van der Waals surface area (Å²) < 4.78 is 7.34. The maximum Gasteiger partial charge on any atom is 0.257 e. The van der Waals surface area contributed by atoms with Gasteiger partial charge in [-0.15, -0.1) is 0 Å². The summed E-state index contributed by atoms with van der Waals surface area (Å²) in [6.45, 7) is 5.33. The Kier molecular flexibility index (Phi) is 5.09. The summed E-state index contributed by atoms with van der Waals surface area (Å²) in [6, 6.07) is 10.0. The van der Waals surface area contributed by atoms with Gasteiger partial charge >= 0.3 is 0 Å². The number of carbonyl (C=O) groups excluding carboxylic acids is 1. The van der Waals surface area contributed by atoms with Crippen molar-refractivity contribution in [3.05, 3.63) is 54.1 Å². The fraction of sp³-hybridized carbons (Fsp3) is 0.478. The number of nitrogens with zero attached hydrogens (tertiary/aromatic N) is 6. The number of hydrogen-bond donors (Lipinski definition) is 0. The number of rotatable bonds is 4. The molecular formula is C23H28N6O2. The molecule has 8 heteroatoms. The van der Waals surface area contributed by atoms with Crippen LogP contribution in [0.2, 0.25) is 0 Å². The van der Waals surface area contributed by atoms with E-state index in [1.165, 1.54) is 0 Å². The first-order valence-corrected chi connectivity index (χ1v) is 11.0. The number of piperidine rings is 1. The van der Waals surface area contributed by atoms with Crippen LogP contribution >= 0.6 is 0 Å². The summed E-state index contributed by atoms with van der Waals surface area (Å²) >= 11 is 0. The third-order valence-corrected chi connectivity index (χ3v) is 6.82. The minimum Gasteiger partial charge on any atom is -0.339 e. The highest BCUT2D eigenvalue weighted by Gasteiger charge is 2.46. The van der Waals surface area contributed by atoms with E-state index in [1.54, 1.807) is 10.9 Å². The highest BCUT2D eigenvalue weighted by molar-refractivity contribution is 5.93. The van der Waals surface area contributed by atoms with Crippen LogP contribution in [0.25, 0.3) is 11.5 Å². The summed E-state index contributed by atoms with van der Waals surface area (Å²) in [5, 5.41) is 8.53. The van der Waals surface area contributed by atoms with Gasteiger partial charge < -0.3 is 9.42 Å². The normalized spacial score (nSPS) is 21.1. The summed E-state index contributed by atoms with van der Waals surface area (Å²) in [5.74, 6) is 1.41. The number of amides is 1. The molecule has 0 saturated carbocycles. The SMILES string of the molecule is CCn1cc(C(=O)N2CCC3(CC2)CC(c2noc(-c4ccccc4)n2)N(C)C3)cn1. The first-order chi connectivity index (χ1) is 15.1. The standard InChI is InChI=1S/C23H28N6O2/c1-3-29-15-18(14-24-29)22(30)28-11-9-23(10-12-28)13-19(27(2)16-23)20-25-21(31-26-20)17-7-5-4-6-8-17/h4-8,14-15,19H,3,9-13,16H2,1-2H3. The first kappa shape index (κ1) is 19.9. The zero-order valence-electron chi connectivity index (χ0n) is 18.1. The van der Waals surface area contributed by atoms with Crippen molar-refractivity contribution in [2.24, 2.45) is 5.41 Å². The van der Waals surface area contributed by atoms with Gasteiger partial charge in [-0.25, -0.2) is 0 Å². The summed E-state index contributed by atoms with van der Waals surface area (Å²) in [6.07, 6.45) is 6.49. The van der Waals surface area contributed by atoms with E-state index < -0.39 is 0 Å². The number of aryl methyl sites for hydroxylation is 1. The molecule has 2 saturated heterocycles. The maximum absolute atomic E-state index is 12.8. The lowest BCUT2D eigenvalue weighted by Gasteiger charge is -2.39. The fourth-order valence-electron chi connectivity index (χ4n) is 5.00. The van der Waals surface area contributed by atoms with E-state index in [9.17, 15) is 4.79 Å². The Morgan fingerprint density at radius 2 is 2.00 bits per heavy atom. The van der Waals surface area contributed by atoms with Crippen molar-refractivity contribution in [3.63, 3.8) is 0 Å². The zero-order valence-corrected chi connectivity index (χ0v) is 18.1. The molecular weight excluding hydrogens is 392 g/mol. The monoisotopic (exact) mass is 420 g/mol. The van der Waals surface area contributed by atoms with Gasteiger partial charge in [0.05, 0.1) is 17.8 Å². The zero-order chi connectivity index (χ0) is 21.4. The average Bonchev–Trinajstić information content (AvgIpc) is 3.53. The van der Waals surface area contributed by atoms with Crippen LogP contribution < -0.4 is 0 Å². The molecule has 162 valence electrons. The average molecular weight is 421 g/mol. The molecule has 3 aromatic rings. The lowest BCUT2D eigenvalue weighted by Crippen LogP contribution is -2.44. The van der Waals surface area contributed by atoms with Crippen LogP contribution in [0.3, 0.4) is 0 Å². The molecule has 1 unspecified atom stereocenters. The summed E-state index contributed by atoms with van der Waals surface area (Å²) in [5.41, 5.74) is 1.81. The maximum atomic E-state index is 12.8. The van der Waals surface area contributed by atoms with Crippen molar-refractivity contribution in [1.29, 1.82) is 0 Å². The Hall–Kier alpha value is -3.00. The number of benzene rings is 1. The minimum absolute atomic E-state index is 0.0862. The molecule has 1 spiro atoms. The Balaban J connectivity index is 1.25. The third-order valence-electron chi connectivity index (χ3n) is 6.82. The van der Waals surface area contributed by atoms with Crippen LogP contribution in [-0.2, 0) is 6.54 Å². The third kappa shape index (κ3) is 3.76. The molecule has 2 fully saturated rings. The van der Waals surface area contributed by atoms with E-state index in [2.05, 4.69) is 22.2 Å². The van der Waals surface area contributed by atoms with Crippen molar-refractivity contribution >= 4 is 5.91 Å².